The molecule has 1 aromatic heterocycles. The number of anilines is 1. The van der Waals surface area contributed by atoms with Crippen LogP contribution in [-0.4, -0.2) is 29.9 Å². The van der Waals surface area contributed by atoms with E-state index in [1.807, 2.05) is 0 Å². The van der Waals surface area contributed by atoms with E-state index in [-0.39, 0.29) is 0 Å². The fourth-order valence-corrected chi connectivity index (χ4v) is 4.50. The number of hydrogen-bond acceptors (Lipinski definition) is 5. The minimum absolute atomic E-state index is 0.492. The summed E-state index contributed by atoms with van der Waals surface area (Å²) in [5.74, 6) is 0. The number of aromatic nitrogens is 1. The molecule has 1 saturated heterocycles. The van der Waals surface area contributed by atoms with E-state index in [0.29, 0.717) is 12.1 Å². The normalized spacial score (nSPS) is 20.6. The molecule has 1 aromatic carbocycles. The minimum Gasteiger partial charge on any atom is -0.382 e. The van der Waals surface area contributed by atoms with E-state index >= 15 is 0 Å². The first-order valence-corrected chi connectivity index (χ1v) is 9.73. The number of fused-ring (bicyclic) bond motifs is 1. The first kappa shape index (κ1) is 15.1. The Morgan fingerprint density at radius 2 is 2.38 bits per heavy atom. The highest BCUT2D eigenvalue weighted by Gasteiger charge is 2.15. The minimum atomic E-state index is 0.492. The second-order valence-corrected chi connectivity index (χ2v) is 7.88. The van der Waals surface area contributed by atoms with Gasteiger partial charge in [-0.1, -0.05) is 18.2 Å². The Morgan fingerprint density at radius 1 is 1.48 bits per heavy atom. The van der Waals surface area contributed by atoms with Gasteiger partial charge in [0.05, 0.1) is 10.2 Å². The standard InChI is InChI=1S/C16H23N3S2/c1-11(9-12-5-3-4-8-17-12)18-13-6-7-14-15(10-13)21-16(19-14)20-2/h6-7,10-12,17-18H,3-5,8-9H2,1-2H3. The molecule has 2 aromatic rings. The van der Waals surface area contributed by atoms with E-state index in [2.05, 4.69) is 47.0 Å². The number of hydrogen-bond donors (Lipinski definition) is 2. The van der Waals surface area contributed by atoms with Crippen LogP contribution in [0.15, 0.2) is 22.5 Å². The molecule has 0 bridgehead atoms. The topological polar surface area (TPSA) is 37.0 Å². The van der Waals surface area contributed by atoms with Crippen LogP contribution in [0.25, 0.3) is 10.2 Å². The summed E-state index contributed by atoms with van der Waals surface area (Å²) in [5, 5.41) is 7.27. The number of rotatable bonds is 5. The van der Waals surface area contributed by atoms with E-state index < -0.39 is 0 Å². The van der Waals surface area contributed by atoms with Crippen LogP contribution in [0, 0.1) is 0 Å². The average molecular weight is 322 g/mol. The first-order chi connectivity index (χ1) is 10.2. The van der Waals surface area contributed by atoms with Gasteiger partial charge in [0.25, 0.3) is 0 Å². The van der Waals surface area contributed by atoms with Crippen molar-refractivity contribution in [1.29, 1.82) is 0 Å². The van der Waals surface area contributed by atoms with Crippen molar-refractivity contribution in [3.05, 3.63) is 18.2 Å². The quantitative estimate of drug-likeness (QED) is 0.803. The summed E-state index contributed by atoms with van der Waals surface area (Å²) in [7, 11) is 0. The van der Waals surface area contributed by atoms with Crippen LogP contribution in [0.2, 0.25) is 0 Å². The van der Waals surface area contributed by atoms with Gasteiger partial charge in [-0.05, 0) is 57.2 Å². The Morgan fingerprint density at radius 3 is 3.14 bits per heavy atom. The van der Waals surface area contributed by atoms with Gasteiger partial charge in [0.2, 0.25) is 0 Å². The van der Waals surface area contributed by atoms with Crippen LogP contribution in [0.1, 0.15) is 32.6 Å². The summed E-state index contributed by atoms with van der Waals surface area (Å²) < 4.78 is 2.41. The number of nitrogens with zero attached hydrogens (tertiary/aromatic N) is 1. The first-order valence-electron chi connectivity index (χ1n) is 7.69. The molecule has 0 radical (unpaired) electrons. The van der Waals surface area contributed by atoms with E-state index in [9.17, 15) is 0 Å². The maximum atomic E-state index is 4.59. The zero-order chi connectivity index (χ0) is 14.7. The van der Waals surface area contributed by atoms with Crippen molar-refractivity contribution in [2.24, 2.45) is 0 Å². The van der Waals surface area contributed by atoms with Crippen molar-refractivity contribution in [2.45, 2.75) is 49.0 Å². The van der Waals surface area contributed by atoms with E-state index in [0.717, 1.165) is 9.86 Å². The number of nitrogens with one attached hydrogen (secondary N) is 2. The molecule has 2 unspecified atom stereocenters. The summed E-state index contributed by atoms with van der Waals surface area (Å²) in [5.41, 5.74) is 2.32. The van der Waals surface area contributed by atoms with Crippen LogP contribution in [0.3, 0.4) is 0 Å². The van der Waals surface area contributed by atoms with Gasteiger partial charge < -0.3 is 10.6 Å². The fourth-order valence-electron chi connectivity index (χ4n) is 2.98. The fraction of sp³-hybridized carbons (Fsp3) is 0.562. The summed E-state index contributed by atoms with van der Waals surface area (Å²) in [6.07, 6.45) is 7.29. The smallest absolute Gasteiger partial charge is 0.150 e. The highest BCUT2D eigenvalue weighted by molar-refractivity contribution is 8.00. The molecule has 0 aliphatic carbocycles. The second kappa shape index (κ2) is 6.99. The maximum Gasteiger partial charge on any atom is 0.150 e. The predicted molar refractivity (Wildman–Crippen MR) is 94.7 cm³/mol. The molecular weight excluding hydrogens is 298 g/mol. The average Bonchev–Trinajstić information content (AvgIpc) is 2.90. The van der Waals surface area contributed by atoms with Crippen LogP contribution in [0.4, 0.5) is 5.69 Å². The van der Waals surface area contributed by atoms with Crippen molar-refractivity contribution in [3.8, 4) is 0 Å². The SMILES string of the molecule is CSc1nc2ccc(NC(C)CC3CCCCN3)cc2s1. The lowest BCUT2D eigenvalue weighted by molar-refractivity contribution is 0.371. The van der Waals surface area contributed by atoms with Gasteiger partial charge in [0, 0.05) is 17.8 Å². The predicted octanol–water partition coefficient (Wildman–Crippen LogP) is 4.35. The van der Waals surface area contributed by atoms with Gasteiger partial charge in [-0.2, -0.15) is 0 Å². The molecule has 5 heteroatoms. The molecule has 3 rings (SSSR count). The zero-order valence-electron chi connectivity index (χ0n) is 12.7. The Kier molecular flexibility index (Phi) is 5.03. The number of piperidine rings is 1. The van der Waals surface area contributed by atoms with Crippen molar-refractivity contribution in [2.75, 3.05) is 18.1 Å². The van der Waals surface area contributed by atoms with Gasteiger partial charge in [0.1, 0.15) is 0 Å². The summed E-state index contributed by atoms with van der Waals surface area (Å²) >= 11 is 3.49. The van der Waals surface area contributed by atoms with Gasteiger partial charge in [0.15, 0.2) is 4.34 Å². The molecule has 1 aliphatic heterocycles. The van der Waals surface area contributed by atoms with Crippen molar-refractivity contribution < 1.29 is 0 Å². The van der Waals surface area contributed by atoms with E-state index in [1.54, 1.807) is 23.1 Å². The van der Waals surface area contributed by atoms with Crippen molar-refractivity contribution in [3.63, 3.8) is 0 Å². The molecular formula is C16H23N3S2. The Hall–Kier alpha value is -0.780. The second-order valence-electron chi connectivity index (χ2n) is 5.79. The summed E-state index contributed by atoms with van der Waals surface area (Å²) in [6.45, 7) is 3.46. The Balaban J connectivity index is 1.63. The Labute approximate surface area is 134 Å². The Bertz CT molecular complexity index is 590. The van der Waals surface area contributed by atoms with Crippen LogP contribution < -0.4 is 10.6 Å². The molecule has 0 amide bonds. The molecule has 0 saturated carbocycles. The molecule has 2 heterocycles. The molecule has 3 nitrogen and oxygen atoms in total. The van der Waals surface area contributed by atoms with Crippen molar-refractivity contribution in [1.82, 2.24) is 10.3 Å². The lowest BCUT2D eigenvalue weighted by Gasteiger charge is -2.27. The highest BCUT2D eigenvalue weighted by Crippen LogP contribution is 2.30. The van der Waals surface area contributed by atoms with Crippen LogP contribution in [0.5, 0.6) is 0 Å². The molecule has 114 valence electrons. The third-order valence-corrected chi connectivity index (χ3v) is 6.01. The van der Waals surface area contributed by atoms with E-state index in [1.165, 1.54) is 42.6 Å². The summed E-state index contributed by atoms with van der Waals surface area (Å²) in [6, 6.07) is 7.68. The zero-order valence-corrected chi connectivity index (χ0v) is 14.3. The third-order valence-electron chi connectivity index (χ3n) is 4.01. The molecule has 2 N–H and O–H groups in total. The van der Waals surface area contributed by atoms with Crippen LogP contribution >= 0.6 is 23.1 Å². The summed E-state index contributed by atoms with van der Waals surface area (Å²) in [4.78, 5) is 4.59. The highest BCUT2D eigenvalue weighted by atomic mass is 32.2. The maximum absolute atomic E-state index is 4.59. The largest absolute Gasteiger partial charge is 0.382 e. The van der Waals surface area contributed by atoms with Gasteiger partial charge in [-0.25, -0.2) is 4.98 Å². The number of benzene rings is 1. The molecule has 1 fully saturated rings. The molecule has 2 atom stereocenters. The molecule has 21 heavy (non-hydrogen) atoms. The monoisotopic (exact) mass is 321 g/mol. The van der Waals surface area contributed by atoms with E-state index in [4.69, 9.17) is 0 Å². The molecule has 1 aliphatic rings. The van der Waals surface area contributed by atoms with Crippen molar-refractivity contribution >= 4 is 39.0 Å². The third kappa shape index (κ3) is 3.90. The van der Waals surface area contributed by atoms with Gasteiger partial charge in [-0.15, -0.1) is 11.3 Å². The lowest BCUT2D eigenvalue weighted by atomic mass is 9.99. The molecule has 0 spiro atoms. The van der Waals surface area contributed by atoms with Gasteiger partial charge in [-0.3, -0.25) is 0 Å². The lowest BCUT2D eigenvalue weighted by Crippen LogP contribution is -2.37. The number of thioether (sulfide) groups is 1. The van der Waals surface area contributed by atoms with Crippen LogP contribution in [-0.2, 0) is 0 Å². The van der Waals surface area contributed by atoms with Gasteiger partial charge >= 0.3 is 0 Å². The number of thiazole rings is 1.